The maximum absolute atomic E-state index is 12.1. The average molecular weight is 288 g/mol. The van der Waals surface area contributed by atoms with E-state index < -0.39 is 5.91 Å². The Hall–Kier alpha value is -2.83. The number of nitrogens with one attached hydrogen (secondary N) is 2. The Labute approximate surface area is 121 Å². The van der Waals surface area contributed by atoms with Crippen molar-refractivity contribution >= 4 is 17.5 Å². The molecule has 2 aromatic rings. The molecule has 0 aliphatic rings. The third-order valence-corrected chi connectivity index (χ3v) is 2.86. The van der Waals surface area contributed by atoms with Crippen LogP contribution >= 0.6 is 0 Å². The number of ether oxygens (including phenoxy) is 1. The molecule has 7 nitrogen and oxygen atoms in total. The Morgan fingerprint density at radius 3 is 2.48 bits per heavy atom. The molecule has 0 radical (unpaired) electrons. The smallest absolute Gasteiger partial charge is 0.255 e. The number of nitrogens with two attached hydrogens (primary N) is 1. The number of nitrogens with zero attached hydrogens (tertiary/aromatic N) is 1. The van der Waals surface area contributed by atoms with Crippen LogP contribution in [0.15, 0.2) is 24.3 Å². The van der Waals surface area contributed by atoms with Crippen molar-refractivity contribution in [1.29, 1.82) is 0 Å². The molecule has 0 spiro atoms. The van der Waals surface area contributed by atoms with Crippen molar-refractivity contribution < 1.29 is 14.3 Å². The number of hydrogen-bond donors (Lipinski definition) is 3. The van der Waals surface area contributed by atoms with E-state index in [0.29, 0.717) is 17.0 Å². The molecule has 0 atom stereocenters. The van der Waals surface area contributed by atoms with Crippen LogP contribution in [0.1, 0.15) is 21.7 Å². The Balaban J connectivity index is 2.05. The van der Waals surface area contributed by atoms with Gasteiger partial charge in [0.2, 0.25) is 0 Å². The van der Waals surface area contributed by atoms with Gasteiger partial charge >= 0.3 is 0 Å². The third-order valence-electron chi connectivity index (χ3n) is 2.86. The molecule has 0 bridgehead atoms. The number of amides is 2. The highest BCUT2D eigenvalue weighted by Crippen LogP contribution is 2.18. The summed E-state index contributed by atoms with van der Waals surface area (Å²) in [6.45, 7) is 3.44. The van der Waals surface area contributed by atoms with Crippen molar-refractivity contribution in [1.82, 2.24) is 10.2 Å². The summed E-state index contributed by atoms with van der Waals surface area (Å²) in [7, 11) is 0. The summed E-state index contributed by atoms with van der Waals surface area (Å²) in [5.41, 5.74) is 7.65. The summed E-state index contributed by atoms with van der Waals surface area (Å²) in [5.74, 6) is -0.326. The van der Waals surface area contributed by atoms with E-state index >= 15 is 0 Å². The summed E-state index contributed by atoms with van der Waals surface area (Å²) < 4.78 is 5.13. The number of anilines is 1. The van der Waals surface area contributed by atoms with Crippen LogP contribution in [0.25, 0.3) is 0 Å². The van der Waals surface area contributed by atoms with Crippen LogP contribution in [-0.4, -0.2) is 28.6 Å². The van der Waals surface area contributed by atoms with Gasteiger partial charge in [0, 0.05) is 5.56 Å². The van der Waals surface area contributed by atoms with Gasteiger partial charge in [-0.05, 0) is 38.1 Å². The van der Waals surface area contributed by atoms with E-state index in [1.54, 1.807) is 31.2 Å². The van der Waals surface area contributed by atoms with Gasteiger partial charge in [-0.2, -0.15) is 5.10 Å². The van der Waals surface area contributed by atoms with Crippen molar-refractivity contribution in [3.05, 3.63) is 41.2 Å². The number of benzene rings is 1. The van der Waals surface area contributed by atoms with Crippen molar-refractivity contribution in [2.45, 2.75) is 13.8 Å². The molecule has 2 rings (SSSR count). The third kappa shape index (κ3) is 3.59. The molecule has 7 heteroatoms. The molecule has 4 N–H and O–H groups in total. The predicted molar refractivity (Wildman–Crippen MR) is 77.1 cm³/mol. The molecule has 0 saturated carbocycles. The molecule has 0 aliphatic heterocycles. The zero-order valence-corrected chi connectivity index (χ0v) is 11.8. The van der Waals surface area contributed by atoms with Gasteiger partial charge in [-0.1, -0.05) is 0 Å². The van der Waals surface area contributed by atoms with Crippen LogP contribution in [0.3, 0.4) is 0 Å². The van der Waals surface area contributed by atoms with Crippen LogP contribution in [0.2, 0.25) is 0 Å². The molecule has 21 heavy (non-hydrogen) atoms. The number of carbonyl (C=O) groups is 2. The van der Waals surface area contributed by atoms with Crippen LogP contribution in [0.4, 0.5) is 5.69 Å². The minimum atomic E-state index is -0.553. The molecule has 2 amide bonds. The van der Waals surface area contributed by atoms with E-state index in [2.05, 4.69) is 15.5 Å². The number of carbonyl (C=O) groups excluding carboxylic acids is 2. The Morgan fingerprint density at radius 1 is 1.29 bits per heavy atom. The van der Waals surface area contributed by atoms with Gasteiger partial charge in [0.05, 0.1) is 17.1 Å². The molecule has 0 fully saturated rings. The zero-order chi connectivity index (χ0) is 15.4. The normalized spacial score (nSPS) is 10.2. The van der Waals surface area contributed by atoms with E-state index in [0.717, 1.165) is 11.4 Å². The van der Waals surface area contributed by atoms with Gasteiger partial charge in [0.1, 0.15) is 5.75 Å². The molecule has 0 aliphatic carbocycles. The second-order valence-electron chi connectivity index (χ2n) is 4.54. The quantitative estimate of drug-likeness (QED) is 0.766. The maximum atomic E-state index is 12.1. The van der Waals surface area contributed by atoms with E-state index in [1.807, 2.05) is 6.92 Å². The van der Waals surface area contributed by atoms with Gasteiger partial charge in [0.15, 0.2) is 6.61 Å². The highest BCUT2D eigenvalue weighted by molar-refractivity contribution is 6.04. The monoisotopic (exact) mass is 288 g/mol. The van der Waals surface area contributed by atoms with E-state index in [-0.39, 0.29) is 12.5 Å². The molecule has 1 aromatic heterocycles. The number of hydrogen-bond acceptors (Lipinski definition) is 4. The van der Waals surface area contributed by atoms with Crippen molar-refractivity contribution in [2.24, 2.45) is 5.73 Å². The highest BCUT2D eigenvalue weighted by Gasteiger charge is 2.12. The zero-order valence-electron chi connectivity index (χ0n) is 11.8. The fourth-order valence-corrected chi connectivity index (χ4v) is 1.78. The van der Waals surface area contributed by atoms with Crippen molar-refractivity contribution in [2.75, 3.05) is 11.9 Å². The summed E-state index contributed by atoms with van der Waals surface area (Å²) >= 11 is 0. The lowest BCUT2D eigenvalue weighted by Crippen LogP contribution is -2.20. The first kappa shape index (κ1) is 14.6. The lowest BCUT2D eigenvalue weighted by atomic mass is 10.2. The van der Waals surface area contributed by atoms with Gasteiger partial charge < -0.3 is 15.8 Å². The molecule has 1 aromatic carbocycles. The molecule has 0 saturated heterocycles. The van der Waals surface area contributed by atoms with Crippen LogP contribution < -0.4 is 15.8 Å². The minimum Gasteiger partial charge on any atom is -0.484 e. The molecule has 110 valence electrons. The number of H-pyrrole nitrogens is 1. The first-order valence-electron chi connectivity index (χ1n) is 6.31. The summed E-state index contributed by atoms with van der Waals surface area (Å²) in [6, 6.07) is 6.42. The first-order chi connectivity index (χ1) is 9.97. The topological polar surface area (TPSA) is 110 Å². The molecular formula is C14H16N4O3. The Kier molecular flexibility index (Phi) is 4.22. The number of aromatic amines is 1. The van der Waals surface area contributed by atoms with Crippen LogP contribution in [0, 0.1) is 13.8 Å². The Morgan fingerprint density at radius 2 is 1.95 bits per heavy atom. The summed E-state index contributed by atoms with van der Waals surface area (Å²) in [4.78, 5) is 22.7. The largest absolute Gasteiger partial charge is 0.484 e. The molecular weight excluding hydrogens is 272 g/mol. The lowest BCUT2D eigenvalue weighted by Gasteiger charge is -2.07. The maximum Gasteiger partial charge on any atom is 0.255 e. The second kappa shape index (κ2) is 6.08. The Bertz CT molecular complexity index is 642. The fraction of sp³-hybridized carbons (Fsp3) is 0.214. The molecule has 1 heterocycles. The predicted octanol–water partition coefficient (Wildman–Crippen LogP) is 1.14. The SMILES string of the molecule is Cc1n[nH]c(C)c1NC(=O)c1ccc(OCC(N)=O)cc1. The van der Waals surface area contributed by atoms with Gasteiger partial charge in [-0.3, -0.25) is 14.7 Å². The number of aryl methyl sites for hydroxylation is 2. The van der Waals surface area contributed by atoms with Crippen LogP contribution in [0.5, 0.6) is 5.75 Å². The van der Waals surface area contributed by atoms with E-state index in [9.17, 15) is 9.59 Å². The fourth-order valence-electron chi connectivity index (χ4n) is 1.78. The van der Waals surface area contributed by atoms with E-state index in [4.69, 9.17) is 10.5 Å². The van der Waals surface area contributed by atoms with Gasteiger partial charge in [0.25, 0.3) is 11.8 Å². The number of aromatic nitrogens is 2. The van der Waals surface area contributed by atoms with Crippen molar-refractivity contribution in [3.8, 4) is 5.75 Å². The lowest BCUT2D eigenvalue weighted by molar-refractivity contribution is -0.119. The molecule has 0 unspecified atom stereocenters. The second-order valence-corrected chi connectivity index (χ2v) is 4.54. The van der Waals surface area contributed by atoms with Crippen molar-refractivity contribution in [3.63, 3.8) is 0 Å². The van der Waals surface area contributed by atoms with E-state index in [1.165, 1.54) is 0 Å². The first-order valence-corrected chi connectivity index (χ1v) is 6.31. The van der Waals surface area contributed by atoms with Crippen LogP contribution in [-0.2, 0) is 4.79 Å². The highest BCUT2D eigenvalue weighted by atomic mass is 16.5. The van der Waals surface area contributed by atoms with Gasteiger partial charge in [-0.25, -0.2) is 0 Å². The minimum absolute atomic E-state index is 0.195. The van der Waals surface area contributed by atoms with Gasteiger partial charge in [-0.15, -0.1) is 0 Å². The average Bonchev–Trinajstić information content (AvgIpc) is 2.77. The standard InChI is InChI=1S/C14H16N4O3/c1-8-13(9(2)18-17-8)16-14(20)10-3-5-11(6-4-10)21-7-12(15)19/h3-6H,7H2,1-2H3,(H2,15,19)(H,16,20)(H,17,18). The number of primary amides is 1. The number of rotatable bonds is 5. The summed E-state index contributed by atoms with van der Waals surface area (Å²) in [6.07, 6.45) is 0. The summed E-state index contributed by atoms with van der Waals surface area (Å²) in [5, 5.41) is 9.61.